The predicted octanol–water partition coefficient (Wildman–Crippen LogP) is 0.870. The summed E-state index contributed by atoms with van der Waals surface area (Å²) in [6.45, 7) is 4.61. The standard InChI is InChI=1S/C13H20N2O2S/c1-4-8-18-9-7-15-10-11(16)14-13(5-2,6-3)12(15)17/h1H,5-10H2,2-3H3,(H,14,16). The zero-order valence-electron chi connectivity index (χ0n) is 11.0. The van der Waals surface area contributed by atoms with Crippen LogP contribution >= 0.6 is 11.8 Å². The monoisotopic (exact) mass is 268 g/mol. The first-order valence-corrected chi connectivity index (χ1v) is 7.36. The van der Waals surface area contributed by atoms with Gasteiger partial charge in [0.05, 0.1) is 12.3 Å². The second-order valence-corrected chi connectivity index (χ2v) is 5.43. The number of amides is 2. The molecule has 0 aliphatic carbocycles. The molecule has 18 heavy (non-hydrogen) atoms. The third-order valence-corrected chi connectivity index (χ3v) is 4.15. The molecule has 0 aromatic heterocycles. The lowest BCUT2D eigenvalue weighted by molar-refractivity contribution is -0.150. The van der Waals surface area contributed by atoms with E-state index in [-0.39, 0.29) is 18.4 Å². The largest absolute Gasteiger partial charge is 0.340 e. The van der Waals surface area contributed by atoms with Gasteiger partial charge in [0, 0.05) is 12.3 Å². The van der Waals surface area contributed by atoms with Gasteiger partial charge in [-0.25, -0.2) is 0 Å². The van der Waals surface area contributed by atoms with Gasteiger partial charge in [0.2, 0.25) is 11.8 Å². The van der Waals surface area contributed by atoms with Crippen LogP contribution in [0.1, 0.15) is 26.7 Å². The molecule has 5 heteroatoms. The van der Waals surface area contributed by atoms with Crippen molar-refractivity contribution < 1.29 is 9.59 Å². The van der Waals surface area contributed by atoms with Gasteiger partial charge in [-0.1, -0.05) is 19.8 Å². The van der Waals surface area contributed by atoms with Crippen molar-refractivity contribution in [2.45, 2.75) is 32.2 Å². The van der Waals surface area contributed by atoms with E-state index in [1.165, 1.54) is 0 Å². The molecule has 1 fully saturated rings. The highest BCUT2D eigenvalue weighted by Crippen LogP contribution is 2.22. The van der Waals surface area contributed by atoms with E-state index in [0.29, 0.717) is 25.1 Å². The second-order valence-electron chi connectivity index (χ2n) is 4.32. The number of carbonyl (C=O) groups excluding carboxylic acids is 2. The summed E-state index contributed by atoms with van der Waals surface area (Å²) in [5, 5.41) is 2.84. The first-order valence-electron chi connectivity index (χ1n) is 6.21. The second kappa shape index (κ2) is 6.69. The van der Waals surface area contributed by atoms with Gasteiger partial charge in [-0.15, -0.1) is 18.2 Å². The molecule has 1 saturated heterocycles. The maximum Gasteiger partial charge on any atom is 0.248 e. The Morgan fingerprint density at radius 2 is 2.11 bits per heavy atom. The van der Waals surface area contributed by atoms with Crippen LogP contribution < -0.4 is 5.32 Å². The molecule has 0 aromatic rings. The lowest BCUT2D eigenvalue weighted by Gasteiger charge is -2.41. The van der Waals surface area contributed by atoms with Gasteiger partial charge >= 0.3 is 0 Å². The van der Waals surface area contributed by atoms with E-state index in [4.69, 9.17) is 6.42 Å². The van der Waals surface area contributed by atoms with Crippen molar-refractivity contribution in [1.82, 2.24) is 10.2 Å². The maximum atomic E-state index is 12.4. The van der Waals surface area contributed by atoms with Crippen molar-refractivity contribution in [3.8, 4) is 12.3 Å². The number of carbonyl (C=O) groups is 2. The molecule has 1 N–H and O–H groups in total. The average Bonchev–Trinajstić information content (AvgIpc) is 2.38. The Morgan fingerprint density at radius 3 is 2.67 bits per heavy atom. The minimum Gasteiger partial charge on any atom is -0.340 e. The van der Waals surface area contributed by atoms with Gasteiger partial charge in [0.15, 0.2) is 0 Å². The summed E-state index contributed by atoms with van der Waals surface area (Å²) in [6, 6.07) is 0. The fraction of sp³-hybridized carbons (Fsp3) is 0.692. The van der Waals surface area contributed by atoms with E-state index >= 15 is 0 Å². The van der Waals surface area contributed by atoms with E-state index in [9.17, 15) is 9.59 Å². The fourth-order valence-electron chi connectivity index (χ4n) is 2.12. The predicted molar refractivity (Wildman–Crippen MR) is 74.2 cm³/mol. The number of terminal acetylenes is 1. The number of nitrogens with one attached hydrogen (secondary N) is 1. The summed E-state index contributed by atoms with van der Waals surface area (Å²) in [4.78, 5) is 25.7. The van der Waals surface area contributed by atoms with Crippen molar-refractivity contribution in [3.63, 3.8) is 0 Å². The molecule has 1 rings (SSSR count). The van der Waals surface area contributed by atoms with Crippen molar-refractivity contribution in [2.24, 2.45) is 0 Å². The quantitative estimate of drug-likeness (QED) is 0.574. The summed E-state index contributed by atoms with van der Waals surface area (Å²) in [5.41, 5.74) is -0.702. The van der Waals surface area contributed by atoms with Gasteiger partial charge in [-0.3, -0.25) is 9.59 Å². The molecule has 0 radical (unpaired) electrons. The molecule has 0 atom stereocenters. The summed E-state index contributed by atoms with van der Waals surface area (Å²) in [7, 11) is 0. The zero-order chi connectivity index (χ0) is 13.6. The van der Waals surface area contributed by atoms with Gasteiger partial charge in [0.1, 0.15) is 5.54 Å². The first-order chi connectivity index (χ1) is 8.59. The van der Waals surface area contributed by atoms with E-state index < -0.39 is 5.54 Å². The molecule has 0 aromatic carbocycles. The van der Waals surface area contributed by atoms with Crippen molar-refractivity contribution in [1.29, 1.82) is 0 Å². The minimum absolute atomic E-state index is 0.0356. The number of hydrogen-bond acceptors (Lipinski definition) is 3. The van der Waals surface area contributed by atoms with Crippen LogP contribution in [0.4, 0.5) is 0 Å². The number of rotatable bonds is 6. The third-order valence-electron chi connectivity index (χ3n) is 3.31. The van der Waals surface area contributed by atoms with E-state index in [0.717, 1.165) is 5.75 Å². The highest BCUT2D eigenvalue weighted by molar-refractivity contribution is 7.99. The molecule has 1 aliphatic heterocycles. The van der Waals surface area contributed by atoms with E-state index in [2.05, 4.69) is 11.2 Å². The number of nitrogens with zero attached hydrogens (tertiary/aromatic N) is 1. The highest BCUT2D eigenvalue weighted by Gasteiger charge is 2.43. The Labute approximate surface area is 113 Å². The lowest BCUT2D eigenvalue weighted by atomic mass is 9.89. The van der Waals surface area contributed by atoms with E-state index in [1.807, 2.05) is 13.8 Å². The molecular weight excluding hydrogens is 248 g/mol. The Bertz CT molecular complexity index is 358. The van der Waals surface area contributed by atoms with Gasteiger partial charge in [-0.2, -0.15) is 0 Å². The molecule has 2 amide bonds. The van der Waals surface area contributed by atoms with Crippen molar-refractivity contribution in [2.75, 3.05) is 24.6 Å². The zero-order valence-corrected chi connectivity index (χ0v) is 11.8. The molecular formula is C13H20N2O2S. The summed E-state index contributed by atoms with van der Waals surface area (Å²) >= 11 is 1.60. The van der Waals surface area contributed by atoms with Gasteiger partial charge in [0.25, 0.3) is 0 Å². The highest BCUT2D eigenvalue weighted by atomic mass is 32.2. The Morgan fingerprint density at radius 1 is 1.44 bits per heavy atom. The Kier molecular flexibility index (Phi) is 5.54. The van der Waals surface area contributed by atoms with Crippen LogP contribution in [0.5, 0.6) is 0 Å². The summed E-state index contributed by atoms with van der Waals surface area (Å²) in [6.07, 6.45) is 6.42. The third kappa shape index (κ3) is 3.20. The van der Waals surface area contributed by atoms with Crippen LogP contribution in [-0.4, -0.2) is 46.8 Å². The summed E-state index contributed by atoms with van der Waals surface area (Å²) < 4.78 is 0. The molecule has 1 heterocycles. The number of thioether (sulfide) groups is 1. The smallest absolute Gasteiger partial charge is 0.248 e. The average molecular weight is 268 g/mol. The molecule has 1 aliphatic rings. The lowest BCUT2D eigenvalue weighted by Crippen LogP contribution is -2.66. The van der Waals surface area contributed by atoms with Crippen LogP contribution in [0.15, 0.2) is 0 Å². The molecule has 0 spiro atoms. The van der Waals surface area contributed by atoms with Crippen molar-refractivity contribution >= 4 is 23.6 Å². The van der Waals surface area contributed by atoms with Gasteiger partial charge < -0.3 is 10.2 Å². The molecule has 100 valence electrons. The maximum absolute atomic E-state index is 12.4. The molecule has 0 saturated carbocycles. The topological polar surface area (TPSA) is 49.4 Å². The number of piperazine rings is 1. The number of hydrogen-bond donors (Lipinski definition) is 1. The van der Waals surface area contributed by atoms with Gasteiger partial charge in [-0.05, 0) is 12.8 Å². The van der Waals surface area contributed by atoms with Crippen molar-refractivity contribution in [3.05, 3.63) is 0 Å². The summed E-state index contributed by atoms with van der Waals surface area (Å²) in [5.74, 6) is 3.92. The van der Waals surface area contributed by atoms with Crippen LogP contribution in [0.3, 0.4) is 0 Å². The Balaban J connectivity index is 2.65. The molecule has 4 nitrogen and oxygen atoms in total. The first kappa shape index (κ1) is 14.9. The Hall–Kier alpha value is -1.15. The van der Waals surface area contributed by atoms with Crippen LogP contribution in [0, 0.1) is 12.3 Å². The normalized spacial score (nSPS) is 18.4. The van der Waals surface area contributed by atoms with Crippen LogP contribution in [-0.2, 0) is 9.59 Å². The van der Waals surface area contributed by atoms with Crippen LogP contribution in [0.25, 0.3) is 0 Å². The minimum atomic E-state index is -0.702. The molecule has 0 unspecified atom stereocenters. The fourth-order valence-corrected chi connectivity index (χ4v) is 2.74. The van der Waals surface area contributed by atoms with Crippen LogP contribution in [0.2, 0.25) is 0 Å². The van der Waals surface area contributed by atoms with E-state index in [1.54, 1.807) is 16.7 Å². The molecule has 0 bridgehead atoms. The SMILES string of the molecule is C#CCSCCN1CC(=O)NC(CC)(CC)C1=O.